The van der Waals surface area contributed by atoms with Gasteiger partial charge in [0.1, 0.15) is 5.75 Å². The summed E-state index contributed by atoms with van der Waals surface area (Å²) in [6.07, 6.45) is 2.54. The normalized spacial score (nSPS) is 15.9. The predicted octanol–water partition coefficient (Wildman–Crippen LogP) is 4.18. The molecule has 1 unspecified atom stereocenters. The van der Waals surface area contributed by atoms with Crippen molar-refractivity contribution in [3.8, 4) is 5.75 Å². The maximum Gasteiger partial charge on any atom is 0.124 e. The van der Waals surface area contributed by atoms with E-state index in [0.717, 1.165) is 23.5 Å². The Hall–Kier alpha value is -1.51. The third-order valence-corrected chi connectivity index (χ3v) is 3.87. The van der Waals surface area contributed by atoms with Gasteiger partial charge in [0.25, 0.3) is 0 Å². The van der Waals surface area contributed by atoms with Crippen LogP contribution in [0.3, 0.4) is 0 Å². The summed E-state index contributed by atoms with van der Waals surface area (Å²) in [7, 11) is 0. The van der Waals surface area contributed by atoms with E-state index in [0.29, 0.717) is 10.9 Å². The molecule has 0 aromatic heterocycles. The van der Waals surface area contributed by atoms with E-state index in [1.807, 2.05) is 48.5 Å². The lowest BCUT2D eigenvalue weighted by Gasteiger charge is -2.18. The molecule has 2 aromatic rings. The number of nitrogens with two attached hydrogens (primary N) is 1. The Labute approximate surface area is 124 Å². The Kier molecular flexibility index (Phi) is 3.95. The number of benzene rings is 2. The maximum absolute atomic E-state index is 6.37. The molecule has 104 valence electrons. The van der Waals surface area contributed by atoms with Crippen LogP contribution in [0.1, 0.15) is 30.0 Å². The molecule has 1 saturated carbocycles. The minimum Gasteiger partial charge on any atom is -0.493 e. The number of ether oxygens (including phenoxy) is 1. The van der Waals surface area contributed by atoms with Gasteiger partial charge in [0.2, 0.25) is 0 Å². The lowest BCUT2D eigenvalue weighted by Crippen LogP contribution is -2.14. The van der Waals surface area contributed by atoms with Crippen LogP contribution < -0.4 is 10.5 Å². The van der Waals surface area contributed by atoms with Gasteiger partial charge in [-0.05, 0) is 42.5 Å². The Morgan fingerprint density at radius 2 is 1.90 bits per heavy atom. The van der Waals surface area contributed by atoms with Crippen LogP contribution in [-0.2, 0) is 0 Å². The van der Waals surface area contributed by atoms with Gasteiger partial charge in [-0.15, -0.1) is 0 Å². The fourth-order valence-corrected chi connectivity index (χ4v) is 2.41. The van der Waals surface area contributed by atoms with E-state index < -0.39 is 0 Å². The molecule has 1 fully saturated rings. The standard InChI is InChI=1S/C17H18ClNO/c18-14-8-9-16(20-11-12-6-7-12)15(10-14)17(19)13-4-2-1-3-5-13/h1-5,8-10,12,17H,6-7,11,19H2. The molecular formula is C17H18ClNO. The van der Waals surface area contributed by atoms with Gasteiger partial charge < -0.3 is 10.5 Å². The fourth-order valence-electron chi connectivity index (χ4n) is 2.23. The molecule has 2 N–H and O–H groups in total. The van der Waals surface area contributed by atoms with Gasteiger partial charge in [-0.1, -0.05) is 41.9 Å². The molecule has 0 amide bonds. The lowest BCUT2D eigenvalue weighted by molar-refractivity contribution is 0.296. The van der Waals surface area contributed by atoms with Crippen molar-refractivity contribution in [2.45, 2.75) is 18.9 Å². The van der Waals surface area contributed by atoms with E-state index in [-0.39, 0.29) is 6.04 Å². The SMILES string of the molecule is NC(c1ccccc1)c1cc(Cl)ccc1OCC1CC1. The van der Waals surface area contributed by atoms with Crippen molar-refractivity contribution >= 4 is 11.6 Å². The highest BCUT2D eigenvalue weighted by Crippen LogP contribution is 2.34. The number of halogens is 1. The van der Waals surface area contributed by atoms with Crippen molar-refractivity contribution in [2.24, 2.45) is 11.7 Å². The van der Waals surface area contributed by atoms with Gasteiger partial charge in [0, 0.05) is 10.6 Å². The van der Waals surface area contributed by atoms with Crippen LogP contribution in [0.15, 0.2) is 48.5 Å². The predicted molar refractivity (Wildman–Crippen MR) is 82.1 cm³/mol. The summed E-state index contributed by atoms with van der Waals surface area (Å²) in [5.41, 5.74) is 8.38. The van der Waals surface area contributed by atoms with Crippen LogP contribution in [0.25, 0.3) is 0 Å². The molecule has 20 heavy (non-hydrogen) atoms. The first-order chi connectivity index (χ1) is 9.74. The molecule has 0 radical (unpaired) electrons. The molecule has 3 rings (SSSR count). The first kappa shape index (κ1) is 13.5. The second kappa shape index (κ2) is 5.86. The zero-order valence-electron chi connectivity index (χ0n) is 11.3. The summed E-state index contributed by atoms with van der Waals surface area (Å²) in [4.78, 5) is 0. The van der Waals surface area contributed by atoms with Gasteiger partial charge in [-0.25, -0.2) is 0 Å². The molecule has 0 bridgehead atoms. The maximum atomic E-state index is 6.37. The zero-order chi connectivity index (χ0) is 13.9. The Balaban J connectivity index is 1.87. The summed E-state index contributed by atoms with van der Waals surface area (Å²) >= 11 is 6.11. The highest BCUT2D eigenvalue weighted by Gasteiger charge is 2.23. The average molecular weight is 288 g/mol. The van der Waals surface area contributed by atoms with E-state index in [1.54, 1.807) is 0 Å². The Morgan fingerprint density at radius 3 is 2.60 bits per heavy atom. The molecule has 0 spiro atoms. The lowest BCUT2D eigenvalue weighted by atomic mass is 9.99. The van der Waals surface area contributed by atoms with Crippen molar-refractivity contribution in [2.75, 3.05) is 6.61 Å². The molecule has 2 aromatic carbocycles. The third-order valence-electron chi connectivity index (χ3n) is 3.64. The van der Waals surface area contributed by atoms with Crippen LogP contribution in [0, 0.1) is 5.92 Å². The molecular weight excluding hydrogens is 270 g/mol. The quantitative estimate of drug-likeness (QED) is 0.895. The zero-order valence-corrected chi connectivity index (χ0v) is 12.0. The smallest absolute Gasteiger partial charge is 0.124 e. The van der Waals surface area contributed by atoms with Gasteiger partial charge in [-0.2, -0.15) is 0 Å². The topological polar surface area (TPSA) is 35.2 Å². The summed E-state index contributed by atoms with van der Waals surface area (Å²) in [6.45, 7) is 0.774. The van der Waals surface area contributed by atoms with Gasteiger partial charge in [-0.3, -0.25) is 0 Å². The minimum atomic E-state index is -0.218. The molecule has 1 atom stereocenters. The van der Waals surface area contributed by atoms with Crippen LogP contribution in [0.5, 0.6) is 5.75 Å². The largest absolute Gasteiger partial charge is 0.493 e. The van der Waals surface area contributed by atoms with Crippen LogP contribution >= 0.6 is 11.6 Å². The fraction of sp³-hybridized carbons (Fsp3) is 0.294. The first-order valence-corrected chi connectivity index (χ1v) is 7.34. The molecule has 1 aliphatic rings. The van der Waals surface area contributed by atoms with Crippen molar-refractivity contribution < 1.29 is 4.74 Å². The highest BCUT2D eigenvalue weighted by atomic mass is 35.5. The van der Waals surface area contributed by atoms with E-state index in [4.69, 9.17) is 22.1 Å². The van der Waals surface area contributed by atoms with E-state index >= 15 is 0 Å². The van der Waals surface area contributed by atoms with E-state index in [2.05, 4.69) is 0 Å². The van der Waals surface area contributed by atoms with Gasteiger partial charge in [0.05, 0.1) is 12.6 Å². The van der Waals surface area contributed by atoms with Crippen molar-refractivity contribution in [1.29, 1.82) is 0 Å². The monoisotopic (exact) mass is 287 g/mol. The van der Waals surface area contributed by atoms with Gasteiger partial charge >= 0.3 is 0 Å². The second-order valence-corrected chi connectivity index (χ2v) is 5.76. The molecule has 0 aliphatic heterocycles. The highest BCUT2D eigenvalue weighted by molar-refractivity contribution is 6.30. The molecule has 0 heterocycles. The van der Waals surface area contributed by atoms with Crippen molar-refractivity contribution in [1.82, 2.24) is 0 Å². The number of rotatable bonds is 5. The number of hydrogen-bond acceptors (Lipinski definition) is 2. The van der Waals surface area contributed by atoms with Crippen LogP contribution in [0.2, 0.25) is 5.02 Å². The second-order valence-electron chi connectivity index (χ2n) is 5.32. The van der Waals surface area contributed by atoms with Crippen LogP contribution in [0.4, 0.5) is 0 Å². The summed E-state index contributed by atoms with van der Waals surface area (Å²) in [5, 5.41) is 0.685. The minimum absolute atomic E-state index is 0.218. The van der Waals surface area contributed by atoms with Crippen molar-refractivity contribution in [3.05, 3.63) is 64.7 Å². The third kappa shape index (κ3) is 3.14. The summed E-state index contributed by atoms with van der Waals surface area (Å²) < 4.78 is 5.92. The molecule has 3 heteroatoms. The van der Waals surface area contributed by atoms with Crippen LogP contribution in [-0.4, -0.2) is 6.61 Å². The molecule has 2 nitrogen and oxygen atoms in total. The van der Waals surface area contributed by atoms with Crippen molar-refractivity contribution in [3.63, 3.8) is 0 Å². The number of hydrogen-bond donors (Lipinski definition) is 1. The Bertz CT molecular complexity index is 581. The first-order valence-electron chi connectivity index (χ1n) is 6.97. The molecule has 0 saturated heterocycles. The summed E-state index contributed by atoms with van der Waals surface area (Å²) in [6, 6.07) is 15.5. The summed E-state index contributed by atoms with van der Waals surface area (Å²) in [5.74, 6) is 1.56. The Morgan fingerprint density at radius 1 is 1.15 bits per heavy atom. The van der Waals surface area contributed by atoms with Gasteiger partial charge in [0.15, 0.2) is 0 Å². The van der Waals surface area contributed by atoms with E-state index in [9.17, 15) is 0 Å². The van der Waals surface area contributed by atoms with E-state index in [1.165, 1.54) is 12.8 Å². The molecule has 1 aliphatic carbocycles. The average Bonchev–Trinajstić information content (AvgIpc) is 3.30.